The largest absolute Gasteiger partial charge is 0.489 e. The number of H-pyrrole nitrogens is 1. The normalized spacial score (nSPS) is 17.6. The Labute approximate surface area is 213 Å². The molecule has 8 nitrogen and oxygen atoms in total. The summed E-state index contributed by atoms with van der Waals surface area (Å²) in [5.74, 6) is 0.817. The molecule has 0 bridgehead atoms. The van der Waals surface area contributed by atoms with Crippen LogP contribution in [0.25, 0.3) is 16.4 Å². The van der Waals surface area contributed by atoms with E-state index in [1.807, 2.05) is 72.9 Å². The van der Waals surface area contributed by atoms with Crippen LogP contribution in [-0.2, 0) is 6.61 Å². The van der Waals surface area contributed by atoms with Crippen LogP contribution in [0.2, 0.25) is 0 Å². The van der Waals surface area contributed by atoms with Crippen LogP contribution < -0.4 is 15.6 Å². The molecule has 37 heavy (non-hydrogen) atoms. The van der Waals surface area contributed by atoms with E-state index >= 15 is 0 Å². The lowest BCUT2D eigenvalue weighted by Gasteiger charge is -2.29. The average Bonchev–Trinajstić information content (AvgIpc) is 3.37. The van der Waals surface area contributed by atoms with Crippen LogP contribution in [0.1, 0.15) is 53.3 Å². The second-order valence-corrected chi connectivity index (χ2v) is 9.51. The third-order valence-corrected chi connectivity index (χ3v) is 7.14. The molecular weight excluding hydrogens is 466 g/mol. The van der Waals surface area contributed by atoms with Crippen LogP contribution in [0.3, 0.4) is 0 Å². The summed E-state index contributed by atoms with van der Waals surface area (Å²) in [7, 11) is 0. The molecular formula is C29H27N5O3. The molecule has 0 aliphatic heterocycles. The predicted octanol–water partition coefficient (Wildman–Crippen LogP) is 4.61. The number of rotatable bonds is 6. The van der Waals surface area contributed by atoms with Crippen LogP contribution >= 0.6 is 0 Å². The Hall–Kier alpha value is -4.46. The molecule has 0 radical (unpaired) electrons. The summed E-state index contributed by atoms with van der Waals surface area (Å²) < 4.78 is 7.68. The van der Waals surface area contributed by atoms with Crippen molar-refractivity contribution in [1.29, 1.82) is 0 Å². The first-order valence-electron chi connectivity index (χ1n) is 12.6. The van der Waals surface area contributed by atoms with Gasteiger partial charge in [0.15, 0.2) is 0 Å². The Balaban J connectivity index is 1.09. The maximum Gasteiger partial charge on any atom is 0.272 e. The minimum atomic E-state index is -0.164. The van der Waals surface area contributed by atoms with Gasteiger partial charge in [-0.25, -0.2) is 10.1 Å². The number of fused-ring (bicyclic) bond motifs is 2. The molecule has 1 fully saturated rings. The minimum Gasteiger partial charge on any atom is -0.489 e. The number of carbonyl (C=O) groups is 1. The van der Waals surface area contributed by atoms with Crippen molar-refractivity contribution in [3.63, 3.8) is 0 Å². The number of aromatic nitrogens is 4. The molecule has 5 aromatic rings. The Morgan fingerprint density at radius 2 is 1.76 bits per heavy atom. The number of ether oxygens (including phenoxy) is 1. The van der Waals surface area contributed by atoms with Gasteiger partial charge < -0.3 is 10.1 Å². The number of aromatic amines is 1. The van der Waals surface area contributed by atoms with Gasteiger partial charge in [0.25, 0.3) is 11.5 Å². The van der Waals surface area contributed by atoms with E-state index in [4.69, 9.17) is 4.74 Å². The van der Waals surface area contributed by atoms with Gasteiger partial charge in [-0.2, -0.15) is 5.10 Å². The Kier molecular flexibility index (Phi) is 6.14. The summed E-state index contributed by atoms with van der Waals surface area (Å²) >= 11 is 0. The topological polar surface area (TPSA) is 101 Å². The van der Waals surface area contributed by atoms with Gasteiger partial charge in [-0.15, -0.1) is 0 Å². The summed E-state index contributed by atoms with van der Waals surface area (Å²) in [4.78, 5) is 29.6. The van der Waals surface area contributed by atoms with Gasteiger partial charge in [-0.05, 0) is 43.4 Å². The molecule has 6 rings (SSSR count). The second-order valence-electron chi connectivity index (χ2n) is 9.51. The van der Waals surface area contributed by atoms with Crippen molar-refractivity contribution >= 4 is 22.3 Å². The predicted molar refractivity (Wildman–Crippen MR) is 141 cm³/mol. The zero-order valence-corrected chi connectivity index (χ0v) is 20.3. The van der Waals surface area contributed by atoms with Crippen molar-refractivity contribution in [2.45, 2.75) is 44.2 Å². The maximum atomic E-state index is 13.1. The van der Waals surface area contributed by atoms with Gasteiger partial charge in [0.05, 0.1) is 17.3 Å². The molecule has 2 aromatic carbocycles. The maximum absolute atomic E-state index is 13.1. The van der Waals surface area contributed by atoms with Gasteiger partial charge in [0, 0.05) is 29.6 Å². The highest BCUT2D eigenvalue weighted by atomic mass is 16.5. The molecule has 3 aromatic heterocycles. The van der Waals surface area contributed by atoms with Crippen LogP contribution in [0.4, 0.5) is 0 Å². The first-order valence-corrected chi connectivity index (χ1v) is 12.6. The quantitative estimate of drug-likeness (QED) is 0.360. The zero-order valence-electron chi connectivity index (χ0n) is 20.3. The molecule has 3 heterocycles. The fraction of sp³-hybridized carbons (Fsp3) is 0.241. The number of benzene rings is 2. The van der Waals surface area contributed by atoms with E-state index < -0.39 is 0 Å². The first kappa shape index (κ1) is 23.0. The smallest absolute Gasteiger partial charge is 0.272 e. The van der Waals surface area contributed by atoms with Gasteiger partial charge in [0.2, 0.25) is 0 Å². The lowest BCUT2D eigenvalue weighted by atomic mass is 9.82. The summed E-state index contributed by atoms with van der Waals surface area (Å²) in [6.45, 7) is 0.470. The fourth-order valence-electron chi connectivity index (χ4n) is 5.18. The molecule has 1 saturated carbocycles. The van der Waals surface area contributed by atoms with Crippen molar-refractivity contribution in [1.82, 2.24) is 24.9 Å². The molecule has 2 N–H and O–H groups in total. The van der Waals surface area contributed by atoms with Crippen LogP contribution in [0.15, 0.2) is 83.9 Å². The summed E-state index contributed by atoms with van der Waals surface area (Å²) in [6, 6.07) is 21.3. The fourth-order valence-corrected chi connectivity index (χ4v) is 5.18. The Morgan fingerprint density at radius 3 is 2.57 bits per heavy atom. The number of nitrogens with zero attached hydrogens (tertiary/aromatic N) is 3. The highest BCUT2D eigenvalue weighted by Gasteiger charge is 2.27. The second kappa shape index (κ2) is 9.89. The number of hydrogen-bond donors (Lipinski definition) is 2. The van der Waals surface area contributed by atoms with E-state index in [0.29, 0.717) is 29.1 Å². The summed E-state index contributed by atoms with van der Waals surface area (Å²) in [5.41, 5.74) is 3.02. The number of carbonyl (C=O) groups excluding carboxylic acids is 1. The van der Waals surface area contributed by atoms with E-state index in [-0.39, 0.29) is 23.4 Å². The van der Waals surface area contributed by atoms with E-state index in [1.165, 1.54) is 0 Å². The highest BCUT2D eigenvalue weighted by Crippen LogP contribution is 2.34. The number of pyridine rings is 1. The van der Waals surface area contributed by atoms with Crippen LogP contribution in [0.5, 0.6) is 5.75 Å². The van der Waals surface area contributed by atoms with Gasteiger partial charge in [-0.3, -0.25) is 14.0 Å². The molecule has 0 saturated heterocycles. The average molecular weight is 494 g/mol. The van der Waals surface area contributed by atoms with Crippen molar-refractivity contribution in [3.05, 3.63) is 106 Å². The third kappa shape index (κ3) is 4.70. The van der Waals surface area contributed by atoms with Crippen molar-refractivity contribution in [2.75, 3.05) is 0 Å². The molecule has 0 unspecified atom stereocenters. The number of nitrogens with one attached hydrogen (secondary N) is 2. The van der Waals surface area contributed by atoms with Crippen LogP contribution in [-0.4, -0.2) is 31.5 Å². The van der Waals surface area contributed by atoms with E-state index in [9.17, 15) is 9.59 Å². The molecule has 0 spiro atoms. The van der Waals surface area contributed by atoms with Gasteiger partial charge in [0.1, 0.15) is 23.7 Å². The Bertz CT molecular complexity index is 1620. The van der Waals surface area contributed by atoms with Crippen LogP contribution in [0, 0.1) is 0 Å². The van der Waals surface area contributed by atoms with Crippen molar-refractivity contribution in [3.8, 4) is 5.75 Å². The van der Waals surface area contributed by atoms with Gasteiger partial charge in [-0.1, -0.05) is 48.5 Å². The monoisotopic (exact) mass is 493 g/mol. The molecule has 0 atom stereocenters. The van der Waals surface area contributed by atoms with E-state index in [2.05, 4.69) is 20.5 Å². The Morgan fingerprint density at radius 1 is 1.00 bits per heavy atom. The molecule has 8 heteroatoms. The van der Waals surface area contributed by atoms with E-state index in [1.54, 1.807) is 10.6 Å². The SMILES string of the molecule is O=C(N[C@H]1CC[C@H](c2n[nH]c(=O)c3ccccc32)CC1)c1cnc2cc(OCc3ccccc3)ccn12. The lowest BCUT2D eigenvalue weighted by Crippen LogP contribution is -2.38. The number of amides is 1. The van der Waals surface area contributed by atoms with Crippen molar-refractivity contribution in [2.24, 2.45) is 0 Å². The van der Waals surface area contributed by atoms with Gasteiger partial charge >= 0.3 is 0 Å². The first-order chi connectivity index (χ1) is 18.2. The molecule has 1 amide bonds. The standard InChI is InChI=1S/C29H27N5O3/c35-28-24-9-5-4-8-23(24)27(32-33-28)20-10-12-21(13-11-20)31-29(36)25-17-30-26-16-22(14-15-34(25)26)37-18-19-6-2-1-3-7-19/h1-9,14-17,20-21H,10-13,18H2,(H,31,36)(H,33,35)/t20-,21-. The molecule has 186 valence electrons. The third-order valence-electron chi connectivity index (χ3n) is 7.14. The molecule has 1 aliphatic carbocycles. The zero-order chi connectivity index (χ0) is 25.2. The minimum absolute atomic E-state index is 0.0804. The summed E-state index contributed by atoms with van der Waals surface area (Å²) in [6.07, 6.45) is 6.90. The summed E-state index contributed by atoms with van der Waals surface area (Å²) in [5, 5.41) is 11.8. The van der Waals surface area contributed by atoms with E-state index in [0.717, 1.165) is 42.3 Å². The lowest BCUT2D eigenvalue weighted by molar-refractivity contribution is 0.0919. The molecule has 1 aliphatic rings. The van der Waals surface area contributed by atoms with Crippen molar-refractivity contribution < 1.29 is 9.53 Å². The number of hydrogen-bond acceptors (Lipinski definition) is 5. The highest BCUT2D eigenvalue weighted by molar-refractivity contribution is 5.93. The number of imidazole rings is 1.